The van der Waals surface area contributed by atoms with Gasteiger partial charge in [-0.05, 0) is 48.7 Å². The van der Waals surface area contributed by atoms with Gasteiger partial charge in [0.05, 0.1) is 17.6 Å². The molecule has 1 aliphatic rings. The fraction of sp³-hybridized carbons (Fsp3) is 0.179. The molecule has 0 aliphatic carbocycles. The van der Waals surface area contributed by atoms with E-state index in [4.69, 9.17) is 9.84 Å². The fourth-order valence-corrected chi connectivity index (χ4v) is 5.13. The van der Waals surface area contributed by atoms with Crippen LogP contribution in [0.15, 0.2) is 89.2 Å². The van der Waals surface area contributed by atoms with Crippen molar-refractivity contribution >= 4 is 35.0 Å². The first-order chi connectivity index (χ1) is 18.8. The maximum Gasteiger partial charge on any atom is 0.269 e. The number of nitrogens with zero attached hydrogens (tertiary/aromatic N) is 4. The minimum absolute atomic E-state index is 0.0453. The molecule has 4 aromatic rings. The minimum Gasteiger partial charge on any atom is -0.497 e. The van der Waals surface area contributed by atoms with Crippen molar-refractivity contribution in [3.05, 3.63) is 111 Å². The van der Waals surface area contributed by atoms with Crippen LogP contribution in [0.4, 0.5) is 17.3 Å². The summed E-state index contributed by atoms with van der Waals surface area (Å²) >= 11 is 1.41. The van der Waals surface area contributed by atoms with E-state index in [-0.39, 0.29) is 11.6 Å². The van der Waals surface area contributed by atoms with Crippen LogP contribution in [-0.4, -0.2) is 32.7 Å². The van der Waals surface area contributed by atoms with Crippen molar-refractivity contribution < 1.29 is 14.5 Å². The predicted molar refractivity (Wildman–Crippen MR) is 150 cm³/mol. The molecule has 11 heteroatoms. The number of hydrogen-bond acceptors (Lipinski definition) is 8. The molecule has 3 aromatic carbocycles. The third-order valence-corrected chi connectivity index (χ3v) is 7.33. The summed E-state index contributed by atoms with van der Waals surface area (Å²) in [6.45, 7) is 3.80. The number of amides is 1. The van der Waals surface area contributed by atoms with Gasteiger partial charge in [0, 0.05) is 29.3 Å². The first kappa shape index (κ1) is 26.0. The normalized spacial score (nSPS) is 14.4. The Morgan fingerprint density at radius 2 is 1.82 bits per heavy atom. The maximum atomic E-state index is 13.7. The average Bonchev–Trinajstić information content (AvgIpc) is 3.35. The lowest BCUT2D eigenvalue weighted by atomic mass is 9.95. The molecule has 0 fully saturated rings. The zero-order valence-electron chi connectivity index (χ0n) is 21.5. The Labute approximate surface area is 229 Å². The lowest BCUT2D eigenvalue weighted by Crippen LogP contribution is -2.31. The summed E-state index contributed by atoms with van der Waals surface area (Å²) in [5.41, 5.74) is 4.70. The van der Waals surface area contributed by atoms with E-state index in [9.17, 15) is 14.9 Å². The molecule has 0 bridgehead atoms. The quantitative estimate of drug-likeness (QED) is 0.165. The summed E-state index contributed by atoms with van der Waals surface area (Å²) < 4.78 is 7.06. The lowest BCUT2D eigenvalue weighted by Gasteiger charge is -2.29. The molecule has 10 nitrogen and oxygen atoms in total. The summed E-state index contributed by atoms with van der Waals surface area (Å²) in [7, 11) is 1.61. The van der Waals surface area contributed by atoms with Gasteiger partial charge >= 0.3 is 0 Å². The highest BCUT2D eigenvalue weighted by Crippen LogP contribution is 2.37. The molecule has 1 unspecified atom stereocenters. The molecule has 1 amide bonds. The molecular weight excluding hydrogens is 516 g/mol. The van der Waals surface area contributed by atoms with Crippen molar-refractivity contribution in [1.82, 2.24) is 14.8 Å². The predicted octanol–water partition coefficient (Wildman–Crippen LogP) is 5.72. The minimum atomic E-state index is -0.530. The number of nitro benzene ring substituents is 1. The number of carbonyl (C=O) groups excluding carboxylic acids is 1. The van der Waals surface area contributed by atoms with Gasteiger partial charge in [0.1, 0.15) is 11.8 Å². The van der Waals surface area contributed by atoms with Crippen LogP contribution >= 0.6 is 11.8 Å². The van der Waals surface area contributed by atoms with Crippen molar-refractivity contribution in [2.24, 2.45) is 0 Å². The number of aryl methyl sites for hydroxylation is 1. The Balaban J connectivity index is 1.46. The summed E-state index contributed by atoms with van der Waals surface area (Å²) in [5, 5.41) is 22.5. The molecule has 0 spiro atoms. The number of non-ortho nitro benzene ring substituents is 1. The van der Waals surface area contributed by atoms with Crippen molar-refractivity contribution in [1.29, 1.82) is 0 Å². The second kappa shape index (κ2) is 11.0. The smallest absolute Gasteiger partial charge is 0.269 e. The van der Waals surface area contributed by atoms with Gasteiger partial charge in [-0.3, -0.25) is 14.9 Å². The van der Waals surface area contributed by atoms with Crippen molar-refractivity contribution in [2.45, 2.75) is 30.8 Å². The zero-order chi connectivity index (χ0) is 27.5. The summed E-state index contributed by atoms with van der Waals surface area (Å²) in [6.07, 6.45) is 0. The SMILES string of the molecule is COc1ccc(C2C(C(=O)Nc3ccccc3C)=C(C)Nc3nc(SCc4ccc([N+](=O)[O-])cc4)nn32)cc1. The van der Waals surface area contributed by atoms with Crippen molar-refractivity contribution in [3.63, 3.8) is 0 Å². The van der Waals surface area contributed by atoms with E-state index in [2.05, 4.69) is 15.6 Å². The number of thioether (sulfide) groups is 1. The van der Waals surface area contributed by atoms with Crippen LogP contribution < -0.4 is 15.4 Å². The highest BCUT2D eigenvalue weighted by molar-refractivity contribution is 7.98. The van der Waals surface area contributed by atoms with Gasteiger partial charge < -0.3 is 15.4 Å². The largest absolute Gasteiger partial charge is 0.497 e. The number of allylic oxidation sites excluding steroid dienone is 1. The number of anilines is 2. The molecular formula is C28H26N6O4S. The molecule has 5 rings (SSSR count). The molecule has 0 saturated heterocycles. The number of rotatable bonds is 8. The fourth-order valence-electron chi connectivity index (χ4n) is 4.35. The maximum absolute atomic E-state index is 13.7. The van der Waals surface area contributed by atoms with Crippen LogP contribution in [0.25, 0.3) is 0 Å². The van der Waals surface area contributed by atoms with Crippen LogP contribution in [0.1, 0.15) is 29.7 Å². The topological polar surface area (TPSA) is 124 Å². The Hall–Kier alpha value is -4.64. The molecule has 0 saturated carbocycles. The number of ether oxygens (including phenoxy) is 1. The monoisotopic (exact) mass is 542 g/mol. The molecule has 39 heavy (non-hydrogen) atoms. The number of benzene rings is 3. The summed E-state index contributed by atoms with van der Waals surface area (Å²) in [5.74, 6) is 1.52. The van der Waals surface area contributed by atoms with Gasteiger partial charge in [-0.1, -0.05) is 54.2 Å². The highest BCUT2D eigenvalue weighted by atomic mass is 32.2. The van der Waals surface area contributed by atoms with Gasteiger partial charge in [0.25, 0.3) is 11.6 Å². The lowest BCUT2D eigenvalue weighted by molar-refractivity contribution is -0.384. The van der Waals surface area contributed by atoms with Crippen molar-refractivity contribution in [3.8, 4) is 5.75 Å². The molecule has 1 aliphatic heterocycles. The molecule has 2 N–H and O–H groups in total. The number of nitro groups is 1. The van der Waals surface area contributed by atoms with Crippen LogP contribution in [0.5, 0.6) is 5.75 Å². The van der Waals surface area contributed by atoms with E-state index < -0.39 is 11.0 Å². The van der Waals surface area contributed by atoms with Gasteiger partial charge in [-0.2, -0.15) is 4.98 Å². The van der Waals surface area contributed by atoms with Crippen LogP contribution in [0, 0.1) is 17.0 Å². The van der Waals surface area contributed by atoms with Crippen LogP contribution in [0.3, 0.4) is 0 Å². The van der Waals surface area contributed by atoms with E-state index in [1.54, 1.807) is 23.9 Å². The Kier molecular flexibility index (Phi) is 7.33. The second-order valence-corrected chi connectivity index (χ2v) is 9.93. The third-order valence-electron chi connectivity index (χ3n) is 6.42. The number of aromatic nitrogens is 3. The first-order valence-electron chi connectivity index (χ1n) is 12.2. The molecule has 1 aromatic heterocycles. The molecule has 198 valence electrons. The van der Waals surface area contributed by atoms with Crippen LogP contribution in [-0.2, 0) is 10.5 Å². The summed E-state index contributed by atoms with van der Waals surface area (Å²) in [6, 6.07) is 21.0. The Morgan fingerprint density at radius 3 is 2.49 bits per heavy atom. The van der Waals surface area contributed by atoms with Gasteiger partial charge in [0.2, 0.25) is 11.1 Å². The van der Waals surface area contributed by atoms with E-state index in [1.165, 1.54) is 23.9 Å². The number of carbonyl (C=O) groups is 1. The molecule has 1 atom stereocenters. The first-order valence-corrected chi connectivity index (χ1v) is 13.1. The van der Waals surface area contributed by atoms with Gasteiger partial charge in [-0.15, -0.1) is 5.10 Å². The van der Waals surface area contributed by atoms with Crippen molar-refractivity contribution in [2.75, 3.05) is 17.7 Å². The van der Waals surface area contributed by atoms with Gasteiger partial charge in [0.15, 0.2) is 0 Å². The Morgan fingerprint density at radius 1 is 1.10 bits per heavy atom. The van der Waals surface area contributed by atoms with E-state index in [1.807, 2.05) is 62.4 Å². The Bertz CT molecular complexity index is 1560. The molecule has 2 heterocycles. The number of fused-ring (bicyclic) bond motifs is 1. The molecule has 0 radical (unpaired) electrons. The third kappa shape index (κ3) is 5.48. The second-order valence-electron chi connectivity index (χ2n) is 8.98. The van der Waals surface area contributed by atoms with E-state index in [0.29, 0.717) is 33.9 Å². The number of hydrogen-bond donors (Lipinski definition) is 2. The zero-order valence-corrected chi connectivity index (χ0v) is 22.4. The average molecular weight is 543 g/mol. The van der Waals surface area contributed by atoms with E-state index >= 15 is 0 Å². The number of para-hydroxylation sites is 1. The standard InChI is InChI=1S/C28H26N6O4S/c1-17-6-4-5-7-23(17)30-26(35)24-18(2)29-27-31-28(39-16-19-8-12-21(13-9-19)34(36)37)32-33(27)25(24)20-10-14-22(38-3)15-11-20/h4-15,25H,16H2,1-3H3,(H,30,35)(H,29,31,32). The number of methoxy groups -OCH3 is 1. The summed E-state index contributed by atoms with van der Waals surface area (Å²) in [4.78, 5) is 28.9. The van der Waals surface area contributed by atoms with Gasteiger partial charge in [-0.25, -0.2) is 4.68 Å². The van der Waals surface area contributed by atoms with E-state index in [0.717, 1.165) is 22.4 Å². The van der Waals surface area contributed by atoms with Crippen LogP contribution in [0.2, 0.25) is 0 Å². The number of nitrogens with one attached hydrogen (secondary N) is 2. The highest BCUT2D eigenvalue weighted by Gasteiger charge is 2.34.